The fourth-order valence-corrected chi connectivity index (χ4v) is 3.67. The van der Waals surface area contributed by atoms with Crippen LogP contribution in [-0.4, -0.2) is 25.8 Å². The quantitative estimate of drug-likeness (QED) is 0.778. The van der Waals surface area contributed by atoms with Crippen LogP contribution in [0.1, 0.15) is 65.2 Å². The molecule has 1 atom stereocenters. The summed E-state index contributed by atoms with van der Waals surface area (Å²) in [6, 6.07) is 0. The maximum Gasteiger partial charge on any atom is 0.0581 e. The van der Waals surface area contributed by atoms with Gasteiger partial charge >= 0.3 is 0 Å². The van der Waals surface area contributed by atoms with Gasteiger partial charge in [-0.05, 0) is 50.0 Å². The number of hydrogen-bond donors (Lipinski definition) is 1. The Balaban J connectivity index is 1.84. The van der Waals surface area contributed by atoms with Crippen LogP contribution in [0.5, 0.6) is 0 Å². The zero-order valence-electron chi connectivity index (χ0n) is 12.3. The molecule has 0 bridgehead atoms. The van der Waals surface area contributed by atoms with Crippen LogP contribution in [0.25, 0.3) is 0 Å². The van der Waals surface area contributed by atoms with Gasteiger partial charge in [0.25, 0.3) is 0 Å². The van der Waals surface area contributed by atoms with Gasteiger partial charge in [-0.1, -0.05) is 33.1 Å². The highest BCUT2D eigenvalue weighted by Crippen LogP contribution is 2.41. The lowest BCUT2D eigenvalue weighted by Gasteiger charge is -2.39. The first-order valence-electron chi connectivity index (χ1n) is 8.03. The van der Waals surface area contributed by atoms with Crippen LogP contribution in [0.4, 0.5) is 0 Å². The third-order valence-corrected chi connectivity index (χ3v) is 4.65. The molecule has 0 aromatic rings. The van der Waals surface area contributed by atoms with Gasteiger partial charge in [0.1, 0.15) is 0 Å². The van der Waals surface area contributed by atoms with Crippen molar-refractivity contribution in [3.8, 4) is 0 Å². The summed E-state index contributed by atoms with van der Waals surface area (Å²) in [5.74, 6) is 0.758. The van der Waals surface area contributed by atoms with Gasteiger partial charge in [-0.3, -0.25) is 0 Å². The van der Waals surface area contributed by atoms with Crippen LogP contribution in [-0.2, 0) is 4.74 Å². The topological polar surface area (TPSA) is 21.3 Å². The molecule has 1 saturated heterocycles. The monoisotopic (exact) mass is 253 g/mol. The third kappa shape index (κ3) is 4.24. The Kier molecular flexibility index (Phi) is 5.50. The van der Waals surface area contributed by atoms with E-state index in [9.17, 15) is 0 Å². The molecule has 0 radical (unpaired) electrons. The Morgan fingerprint density at radius 2 is 1.94 bits per heavy atom. The van der Waals surface area contributed by atoms with Crippen molar-refractivity contribution in [2.75, 3.05) is 19.7 Å². The van der Waals surface area contributed by atoms with E-state index in [-0.39, 0.29) is 0 Å². The minimum Gasteiger partial charge on any atom is -0.378 e. The molecule has 106 valence electrons. The molecule has 1 saturated carbocycles. The van der Waals surface area contributed by atoms with Crippen LogP contribution in [0.15, 0.2) is 0 Å². The summed E-state index contributed by atoms with van der Waals surface area (Å²) in [5.41, 5.74) is 0.544. The van der Waals surface area contributed by atoms with E-state index in [2.05, 4.69) is 19.2 Å². The van der Waals surface area contributed by atoms with Gasteiger partial charge in [-0.25, -0.2) is 0 Å². The Morgan fingerprint density at radius 3 is 2.56 bits per heavy atom. The Hall–Kier alpha value is -0.0800. The fraction of sp³-hybridized carbons (Fsp3) is 1.00. The fourth-order valence-electron chi connectivity index (χ4n) is 3.67. The van der Waals surface area contributed by atoms with Crippen LogP contribution >= 0.6 is 0 Å². The largest absolute Gasteiger partial charge is 0.378 e. The first-order valence-corrected chi connectivity index (χ1v) is 8.03. The predicted octanol–water partition coefficient (Wildman–Crippen LogP) is 3.75. The van der Waals surface area contributed by atoms with E-state index >= 15 is 0 Å². The van der Waals surface area contributed by atoms with Crippen molar-refractivity contribution in [2.45, 2.75) is 71.3 Å². The molecular formula is C16H31NO. The minimum atomic E-state index is 0.544. The number of ether oxygens (including phenoxy) is 1. The van der Waals surface area contributed by atoms with Crippen molar-refractivity contribution in [1.29, 1.82) is 0 Å². The lowest BCUT2D eigenvalue weighted by Crippen LogP contribution is -2.39. The molecule has 2 nitrogen and oxygen atoms in total. The summed E-state index contributed by atoms with van der Waals surface area (Å²) in [4.78, 5) is 0. The molecule has 2 heteroatoms. The second kappa shape index (κ2) is 6.91. The molecule has 1 aliphatic carbocycles. The Labute approximate surface area is 113 Å². The van der Waals surface area contributed by atoms with E-state index in [0.29, 0.717) is 11.5 Å². The zero-order valence-corrected chi connectivity index (χ0v) is 12.3. The van der Waals surface area contributed by atoms with Crippen LogP contribution < -0.4 is 5.32 Å². The smallest absolute Gasteiger partial charge is 0.0581 e. The predicted molar refractivity (Wildman–Crippen MR) is 76.8 cm³/mol. The summed E-state index contributed by atoms with van der Waals surface area (Å²) in [5, 5.41) is 3.71. The lowest BCUT2D eigenvalue weighted by molar-refractivity contribution is 0.0427. The van der Waals surface area contributed by atoms with Gasteiger partial charge in [0, 0.05) is 13.2 Å². The Bertz CT molecular complexity index is 227. The van der Waals surface area contributed by atoms with E-state index in [1.54, 1.807) is 0 Å². The zero-order chi connectivity index (χ0) is 12.8. The summed E-state index contributed by atoms with van der Waals surface area (Å²) in [6.45, 7) is 7.96. The highest BCUT2D eigenvalue weighted by Gasteiger charge is 2.35. The second-order valence-corrected chi connectivity index (χ2v) is 6.92. The van der Waals surface area contributed by atoms with Gasteiger partial charge in [-0.15, -0.1) is 0 Å². The van der Waals surface area contributed by atoms with Crippen molar-refractivity contribution in [2.24, 2.45) is 11.3 Å². The SMILES string of the molecule is CC(C)CNCC1(CC2CCCO2)CCCCC1. The molecule has 1 unspecified atom stereocenters. The molecule has 0 aromatic carbocycles. The average molecular weight is 253 g/mol. The summed E-state index contributed by atoms with van der Waals surface area (Å²) in [6.07, 6.45) is 11.6. The van der Waals surface area contributed by atoms with E-state index < -0.39 is 0 Å². The van der Waals surface area contributed by atoms with Crippen LogP contribution in [0.2, 0.25) is 0 Å². The first kappa shape index (κ1) is 14.3. The number of nitrogens with one attached hydrogen (secondary N) is 1. The third-order valence-electron chi connectivity index (χ3n) is 4.65. The molecule has 0 aromatic heterocycles. The lowest BCUT2D eigenvalue weighted by atomic mass is 9.70. The van der Waals surface area contributed by atoms with Crippen LogP contribution in [0, 0.1) is 11.3 Å². The molecule has 2 rings (SSSR count). The summed E-state index contributed by atoms with van der Waals surface area (Å²) in [7, 11) is 0. The van der Waals surface area contributed by atoms with Gasteiger partial charge in [0.05, 0.1) is 6.10 Å². The molecule has 2 fully saturated rings. The standard InChI is InChI=1S/C16H31NO/c1-14(2)12-17-13-16(8-4-3-5-9-16)11-15-7-6-10-18-15/h14-15,17H,3-13H2,1-2H3. The van der Waals surface area contributed by atoms with E-state index in [1.165, 1.54) is 57.9 Å². The number of rotatable bonds is 6. The van der Waals surface area contributed by atoms with Gasteiger partial charge < -0.3 is 10.1 Å². The molecule has 0 spiro atoms. The number of hydrogen-bond acceptors (Lipinski definition) is 2. The van der Waals surface area contributed by atoms with E-state index in [1.807, 2.05) is 0 Å². The van der Waals surface area contributed by atoms with Crippen molar-refractivity contribution < 1.29 is 4.74 Å². The summed E-state index contributed by atoms with van der Waals surface area (Å²) >= 11 is 0. The van der Waals surface area contributed by atoms with Crippen molar-refractivity contribution in [3.63, 3.8) is 0 Å². The molecular weight excluding hydrogens is 222 g/mol. The molecule has 1 N–H and O–H groups in total. The van der Waals surface area contributed by atoms with Crippen molar-refractivity contribution in [1.82, 2.24) is 5.32 Å². The van der Waals surface area contributed by atoms with Gasteiger partial charge in [0.15, 0.2) is 0 Å². The Morgan fingerprint density at radius 1 is 1.17 bits per heavy atom. The molecule has 1 aliphatic heterocycles. The van der Waals surface area contributed by atoms with Crippen molar-refractivity contribution >= 4 is 0 Å². The normalized spacial score (nSPS) is 27.8. The molecule has 18 heavy (non-hydrogen) atoms. The first-order chi connectivity index (χ1) is 8.70. The molecule has 2 aliphatic rings. The second-order valence-electron chi connectivity index (χ2n) is 6.92. The van der Waals surface area contributed by atoms with Gasteiger partial charge in [-0.2, -0.15) is 0 Å². The summed E-state index contributed by atoms with van der Waals surface area (Å²) < 4.78 is 5.88. The maximum absolute atomic E-state index is 5.88. The highest BCUT2D eigenvalue weighted by molar-refractivity contribution is 4.88. The molecule has 0 amide bonds. The van der Waals surface area contributed by atoms with Crippen LogP contribution in [0.3, 0.4) is 0 Å². The molecule has 1 heterocycles. The van der Waals surface area contributed by atoms with E-state index in [4.69, 9.17) is 4.74 Å². The van der Waals surface area contributed by atoms with E-state index in [0.717, 1.165) is 19.1 Å². The maximum atomic E-state index is 5.88. The van der Waals surface area contributed by atoms with Crippen molar-refractivity contribution in [3.05, 3.63) is 0 Å². The average Bonchev–Trinajstić information content (AvgIpc) is 2.82. The minimum absolute atomic E-state index is 0.544. The highest BCUT2D eigenvalue weighted by atomic mass is 16.5. The van der Waals surface area contributed by atoms with Gasteiger partial charge in [0.2, 0.25) is 0 Å².